The van der Waals surface area contributed by atoms with Crippen LogP contribution in [-0.4, -0.2) is 52.9 Å². The SMILES string of the molecule is CC[C@@H](Sc1ccc2nnc(-c3cccs3)n2n1)C(=O)N1CCCC(I)C1. The number of carbonyl (C=O) groups excluding carboxylic acids is 1. The summed E-state index contributed by atoms with van der Waals surface area (Å²) in [5.74, 6) is 0.971. The molecule has 6 nitrogen and oxygen atoms in total. The number of likely N-dealkylation sites (tertiary alicyclic amines) is 1. The monoisotopic (exact) mass is 513 g/mol. The average molecular weight is 513 g/mol. The van der Waals surface area contributed by atoms with Crippen LogP contribution in [0.1, 0.15) is 26.2 Å². The molecule has 0 saturated carbocycles. The zero-order valence-corrected chi connectivity index (χ0v) is 18.7. The van der Waals surface area contributed by atoms with Crippen molar-refractivity contribution in [3.8, 4) is 10.7 Å². The summed E-state index contributed by atoms with van der Waals surface area (Å²) in [5.41, 5.74) is 0.714. The Balaban J connectivity index is 1.56. The summed E-state index contributed by atoms with van der Waals surface area (Å²) in [7, 11) is 0. The molecule has 2 atom stereocenters. The molecule has 9 heteroatoms. The summed E-state index contributed by atoms with van der Waals surface area (Å²) in [6.07, 6.45) is 3.08. The highest BCUT2D eigenvalue weighted by molar-refractivity contribution is 14.1. The number of aromatic nitrogens is 4. The van der Waals surface area contributed by atoms with Crippen molar-refractivity contribution < 1.29 is 4.79 Å². The largest absolute Gasteiger partial charge is 0.341 e. The van der Waals surface area contributed by atoms with Gasteiger partial charge in [-0.3, -0.25) is 4.79 Å². The van der Waals surface area contributed by atoms with Gasteiger partial charge >= 0.3 is 0 Å². The number of rotatable bonds is 5. The molecule has 0 aliphatic carbocycles. The van der Waals surface area contributed by atoms with E-state index in [4.69, 9.17) is 5.10 Å². The topological polar surface area (TPSA) is 63.4 Å². The van der Waals surface area contributed by atoms with Gasteiger partial charge in [-0.05, 0) is 42.8 Å². The maximum absolute atomic E-state index is 13.0. The first-order valence-electron chi connectivity index (χ1n) is 9.01. The number of thioether (sulfide) groups is 1. The van der Waals surface area contributed by atoms with Gasteiger partial charge in [0.05, 0.1) is 10.1 Å². The third kappa shape index (κ3) is 4.14. The minimum Gasteiger partial charge on any atom is -0.341 e. The fourth-order valence-corrected chi connectivity index (χ4v) is 5.77. The number of alkyl halides is 1. The van der Waals surface area contributed by atoms with Crippen molar-refractivity contribution in [3.63, 3.8) is 0 Å². The number of nitrogens with zero attached hydrogens (tertiary/aromatic N) is 5. The van der Waals surface area contributed by atoms with Crippen molar-refractivity contribution in [2.75, 3.05) is 13.1 Å². The fourth-order valence-electron chi connectivity index (χ4n) is 3.18. The van der Waals surface area contributed by atoms with Gasteiger partial charge in [0.2, 0.25) is 5.91 Å². The molecule has 3 aromatic rings. The van der Waals surface area contributed by atoms with Crippen LogP contribution < -0.4 is 0 Å². The van der Waals surface area contributed by atoms with E-state index in [9.17, 15) is 4.79 Å². The molecule has 0 radical (unpaired) electrons. The van der Waals surface area contributed by atoms with Gasteiger partial charge in [-0.15, -0.1) is 21.5 Å². The fraction of sp³-hybridized carbons (Fsp3) is 0.444. The number of hydrogen-bond donors (Lipinski definition) is 0. The molecule has 1 aliphatic rings. The van der Waals surface area contributed by atoms with Crippen LogP contribution in [0.3, 0.4) is 0 Å². The molecule has 1 aliphatic heterocycles. The molecule has 0 bridgehead atoms. The van der Waals surface area contributed by atoms with Gasteiger partial charge in [-0.25, -0.2) is 0 Å². The van der Waals surface area contributed by atoms with Gasteiger partial charge in [0.25, 0.3) is 0 Å². The highest BCUT2D eigenvalue weighted by Crippen LogP contribution is 2.29. The number of halogens is 1. The van der Waals surface area contributed by atoms with Crippen LogP contribution in [0.4, 0.5) is 0 Å². The van der Waals surface area contributed by atoms with Crippen LogP contribution in [0.5, 0.6) is 0 Å². The van der Waals surface area contributed by atoms with E-state index in [1.165, 1.54) is 18.2 Å². The van der Waals surface area contributed by atoms with Crippen molar-refractivity contribution in [2.24, 2.45) is 0 Å². The maximum atomic E-state index is 13.0. The Morgan fingerprint density at radius 3 is 3.04 bits per heavy atom. The van der Waals surface area contributed by atoms with E-state index in [2.05, 4.69) is 39.7 Å². The van der Waals surface area contributed by atoms with Gasteiger partial charge < -0.3 is 4.90 Å². The first-order valence-corrected chi connectivity index (χ1v) is 12.0. The smallest absolute Gasteiger partial charge is 0.236 e. The molecule has 3 aromatic heterocycles. The van der Waals surface area contributed by atoms with Crippen LogP contribution in [0, 0.1) is 0 Å². The normalized spacial score (nSPS) is 18.7. The number of carbonyl (C=O) groups is 1. The molecule has 1 unspecified atom stereocenters. The lowest BCUT2D eigenvalue weighted by molar-refractivity contribution is -0.131. The van der Waals surface area contributed by atoms with E-state index in [0.717, 1.165) is 41.7 Å². The molecule has 27 heavy (non-hydrogen) atoms. The first kappa shape index (κ1) is 19.1. The van der Waals surface area contributed by atoms with Gasteiger partial charge in [0.15, 0.2) is 11.5 Å². The van der Waals surface area contributed by atoms with Crippen molar-refractivity contribution in [1.82, 2.24) is 24.7 Å². The predicted molar refractivity (Wildman–Crippen MR) is 118 cm³/mol. The molecule has 1 saturated heterocycles. The summed E-state index contributed by atoms with van der Waals surface area (Å²) in [5, 5.41) is 15.9. The Labute approximate surface area is 179 Å². The second-order valence-corrected chi connectivity index (χ2v) is 10.4. The molecular formula is C18H20IN5OS2. The second kappa shape index (κ2) is 8.44. The zero-order chi connectivity index (χ0) is 18.8. The Morgan fingerprint density at radius 2 is 2.30 bits per heavy atom. The molecule has 0 spiro atoms. The minimum absolute atomic E-state index is 0.113. The van der Waals surface area contributed by atoms with Gasteiger partial charge in [0, 0.05) is 17.0 Å². The summed E-state index contributed by atoms with van der Waals surface area (Å²) in [6, 6.07) is 7.85. The number of hydrogen-bond acceptors (Lipinski definition) is 6. The van der Waals surface area contributed by atoms with Crippen LogP contribution >= 0.6 is 45.7 Å². The molecule has 4 heterocycles. The minimum atomic E-state index is -0.113. The van der Waals surface area contributed by atoms with Crippen LogP contribution in [0.15, 0.2) is 34.7 Å². The Hall–Kier alpha value is -1.20. The zero-order valence-electron chi connectivity index (χ0n) is 14.9. The van der Waals surface area contributed by atoms with E-state index in [1.54, 1.807) is 15.9 Å². The molecule has 0 N–H and O–H groups in total. The van der Waals surface area contributed by atoms with Gasteiger partial charge in [-0.1, -0.05) is 47.3 Å². The van der Waals surface area contributed by atoms with Crippen molar-refractivity contribution in [3.05, 3.63) is 29.6 Å². The van der Waals surface area contributed by atoms with E-state index in [0.29, 0.717) is 9.57 Å². The molecule has 4 rings (SSSR count). The highest BCUT2D eigenvalue weighted by Gasteiger charge is 2.28. The summed E-state index contributed by atoms with van der Waals surface area (Å²) >= 11 is 5.60. The lowest BCUT2D eigenvalue weighted by atomic mass is 10.1. The third-order valence-electron chi connectivity index (χ3n) is 4.56. The standard InChI is InChI=1S/C18H20IN5OS2/c1-2-13(18(25)23-9-3-5-12(19)11-23)27-16-8-7-15-20-21-17(24(15)22-16)14-6-4-10-26-14/h4,6-8,10,12-13H,2-3,5,9,11H2,1H3/t12?,13-/m1/s1. The third-order valence-corrected chi connectivity index (χ3v) is 7.73. The van der Waals surface area contributed by atoms with E-state index in [1.807, 2.05) is 34.5 Å². The van der Waals surface area contributed by atoms with E-state index >= 15 is 0 Å². The average Bonchev–Trinajstić information content (AvgIpc) is 3.34. The first-order chi connectivity index (χ1) is 13.2. The molecule has 1 fully saturated rings. The van der Waals surface area contributed by atoms with Gasteiger partial charge in [-0.2, -0.15) is 9.61 Å². The van der Waals surface area contributed by atoms with Crippen LogP contribution in [-0.2, 0) is 4.79 Å². The van der Waals surface area contributed by atoms with E-state index in [-0.39, 0.29) is 11.2 Å². The highest BCUT2D eigenvalue weighted by atomic mass is 127. The predicted octanol–water partition coefficient (Wildman–Crippen LogP) is 4.15. The summed E-state index contributed by atoms with van der Waals surface area (Å²) < 4.78 is 2.33. The van der Waals surface area contributed by atoms with Crippen LogP contribution in [0.2, 0.25) is 0 Å². The Kier molecular flexibility index (Phi) is 5.98. The lowest BCUT2D eigenvalue weighted by Gasteiger charge is -2.32. The number of piperidine rings is 1. The molecule has 1 amide bonds. The maximum Gasteiger partial charge on any atom is 0.236 e. The number of fused-ring (bicyclic) bond motifs is 1. The van der Waals surface area contributed by atoms with Gasteiger partial charge in [0.1, 0.15) is 5.03 Å². The van der Waals surface area contributed by atoms with Crippen molar-refractivity contribution in [2.45, 2.75) is 40.4 Å². The Morgan fingerprint density at radius 1 is 1.41 bits per heavy atom. The molecular weight excluding hydrogens is 493 g/mol. The van der Waals surface area contributed by atoms with Crippen molar-refractivity contribution in [1.29, 1.82) is 0 Å². The molecule has 0 aromatic carbocycles. The second-order valence-electron chi connectivity index (χ2n) is 6.48. The summed E-state index contributed by atoms with van der Waals surface area (Å²) in [6.45, 7) is 3.79. The number of thiophene rings is 1. The van der Waals surface area contributed by atoms with Crippen LogP contribution in [0.25, 0.3) is 16.3 Å². The quantitative estimate of drug-likeness (QED) is 0.292. The molecule has 142 valence electrons. The van der Waals surface area contributed by atoms with Crippen molar-refractivity contribution >= 4 is 57.2 Å². The van der Waals surface area contributed by atoms with E-state index < -0.39 is 0 Å². The summed E-state index contributed by atoms with van der Waals surface area (Å²) in [4.78, 5) is 16.0. The Bertz CT molecular complexity index is 929. The number of amides is 1. The lowest BCUT2D eigenvalue weighted by Crippen LogP contribution is -2.44.